The number of aromatic hydroxyl groups is 2. The lowest BCUT2D eigenvalue weighted by Gasteiger charge is -2.11. The van der Waals surface area contributed by atoms with Crippen LogP contribution < -0.4 is 5.32 Å². The molecule has 1 heterocycles. The fourth-order valence-corrected chi connectivity index (χ4v) is 1.85. The van der Waals surface area contributed by atoms with Crippen LogP contribution in [0.2, 0.25) is 0 Å². The summed E-state index contributed by atoms with van der Waals surface area (Å²) in [5.74, 6) is -0.134. The number of rotatable bonds is 5. The first-order valence-corrected chi connectivity index (χ1v) is 6.14. The molecule has 1 aromatic heterocycles. The highest BCUT2D eigenvalue weighted by Gasteiger charge is 2.29. The Morgan fingerprint density at radius 3 is 2.57 bits per heavy atom. The zero-order valence-electron chi connectivity index (χ0n) is 10.9. The number of hydrogen-bond donors (Lipinski definition) is 3. The molecule has 3 N–H and O–H groups in total. The number of phenols is 2. The van der Waals surface area contributed by atoms with E-state index >= 15 is 0 Å². The van der Waals surface area contributed by atoms with Crippen LogP contribution in [0.5, 0.6) is 11.5 Å². The van der Waals surface area contributed by atoms with E-state index in [4.69, 9.17) is 5.11 Å². The van der Waals surface area contributed by atoms with Crippen molar-refractivity contribution in [1.29, 1.82) is 0 Å². The third-order valence-electron chi connectivity index (χ3n) is 2.82. The minimum absolute atomic E-state index is 0.0560. The maximum atomic E-state index is 12.3. The summed E-state index contributed by atoms with van der Waals surface area (Å²) >= 11 is 0. The summed E-state index contributed by atoms with van der Waals surface area (Å²) in [6.45, 7) is -0.707. The molecule has 2 aromatic rings. The highest BCUT2D eigenvalue weighted by atomic mass is 19.4. The van der Waals surface area contributed by atoms with Crippen molar-refractivity contribution in [1.82, 2.24) is 15.1 Å². The number of nitrogens with zero attached hydrogens (tertiary/aromatic N) is 2. The second kappa shape index (κ2) is 6.04. The molecule has 1 aromatic carbocycles. The van der Waals surface area contributed by atoms with Gasteiger partial charge in [-0.3, -0.25) is 4.68 Å². The van der Waals surface area contributed by atoms with Gasteiger partial charge in [0.25, 0.3) is 0 Å². The Bertz CT molecular complexity index is 611. The molecule has 0 unspecified atom stereocenters. The van der Waals surface area contributed by atoms with Crippen LogP contribution in [-0.4, -0.2) is 26.2 Å². The SMILES string of the molecule is Oc1ccc(CNCc2ccnn2CC(F)(F)F)c(O)c1. The zero-order valence-corrected chi connectivity index (χ0v) is 10.9. The topological polar surface area (TPSA) is 70.3 Å². The Balaban J connectivity index is 1.93. The summed E-state index contributed by atoms with van der Waals surface area (Å²) in [5.41, 5.74) is 0.931. The van der Waals surface area contributed by atoms with Crippen LogP contribution in [0.25, 0.3) is 0 Å². The molecule has 0 fully saturated rings. The predicted molar refractivity (Wildman–Crippen MR) is 68.6 cm³/mol. The molecular formula is C13H14F3N3O2. The van der Waals surface area contributed by atoms with Crippen LogP contribution in [0.1, 0.15) is 11.3 Å². The number of halogens is 3. The Kier molecular flexibility index (Phi) is 4.37. The summed E-state index contributed by atoms with van der Waals surface area (Å²) < 4.78 is 37.9. The molecule has 0 amide bonds. The number of hydrogen-bond acceptors (Lipinski definition) is 4. The fraction of sp³-hybridized carbons (Fsp3) is 0.308. The minimum atomic E-state index is -4.32. The number of benzene rings is 1. The van der Waals surface area contributed by atoms with Crippen LogP contribution in [0.3, 0.4) is 0 Å². The summed E-state index contributed by atoms with van der Waals surface area (Å²) in [7, 11) is 0. The molecule has 8 heteroatoms. The van der Waals surface area contributed by atoms with E-state index in [-0.39, 0.29) is 24.6 Å². The van der Waals surface area contributed by atoms with Crippen molar-refractivity contribution in [2.45, 2.75) is 25.8 Å². The van der Waals surface area contributed by atoms with Gasteiger partial charge in [0, 0.05) is 30.9 Å². The Labute approximate surface area is 118 Å². The molecule has 0 saturated heterocycles. The standard InChI is InChI=1S/C13H14F3N3O2/c14-13(15,16)8-19-10(3-4-18-19)7-17-6-9-1-2-11(20)5-12(9)21/h1-5,17,20-21H,6-8H2. The summed E-state index contributed by atoms with van der Waals surface area (Å²) in [6, 6.07) is 5.65. The molecule has 114 valence electrons. The average Bonchev–Trinajstić information content (AvgIpc) is 2.77. The molecule has 0 saturated carbocycles. The van der Waals surface area contributed by atoms with E-state index in [0.29, 0.717) is 11.3 Å². The Hall–Kier alpha value is -2.22. The van der Waals surface area contributed by atoms with Crippen molar-refractivity contribution < 1.29 is 23.4 Å². The molecular weight excluding hydrogens is 287 g/mol. The lowest BCUT2D eigenvalue weighted by Crippen LogP contribution is -2.23. The van der Waals surface area contributed by atoms with Gasteiger partial charge >= 0.3 is 6.18 Å². The van der Waals surface area contributed by atoms with Gasteiger partial charge in [0.05, 0.1) is 5.69 Å². The molecule has 0 bridgehead atoms. The van der Waals surface area contributed by atoms with Crippen LogP contribution >= 0.6 is 0 Å². The lowest BCUT2D eigenvalue weighted by atomic mass is 10.2. The summed E-state index contributed by atoms with van der Waals surface area (Å²) in [5, 5.41) is 25.3. The molecule has 0 spiro atoms. The number of phenolic OH excluding ortho intramolecular Hbond substituents is 2. The van der Waals surface area contributed by atoms with Gasteiger partial charge in [0.1, 0.15) is 18.0 Å². The smallest absolute Gasteiger partial charge is 0.408 e. The summed E-state index contributed by atoms with van der Waals surface area (Å²) in [6.07, 6.45) is -3.02. The van der Waals surface area contributed by atoms with Crippen LogP contribution in [0, 0.1) is 0 Å². The van der Waals surface area contributed by atoms with E-state index in [0.717, 1.165) is 4.68 Å². The van der Waals surface area contributed by atoms with E-state index in [2.05, 4.69) is 10.4 Å². The van der Waals surface area contributed by atoms with Crippen LogP contribution in [0.4, 0.5) is 13.2 Å². The van der Waals surface area contributed by atoms with E-state index < -0.39 is 12.7 Å². The van der Waals surface area contributed by atoms with Crippen molar-refractivity contribution in [3.8, 4) is 11.5 Å². The predicted octanol–water partition coefficient (Wildman–Crippen LogP) is 2.15. The maximum Gasteiger partial charge on any atom is 0.408 e. The molecule has 0 radical (unpaired) electrons. The van der Waals surface area contributed by atoms with Gasteiger partial charge in [-0.2, -0.15) is 18.3 Å². The van der Waals surface area contributed by atoms with Crippen LogP contribution in [-0.2, 0) is 19.6 Å². The van der Waals surface area contributed by atoms with Gasteiger partial charge in [0.15, 0.2) is 0 Å². The van der Waals surface area contributed by atoms with Crippen LogP contribution in [0.15, 0.2) is 30.5 Å². The Morgan fingerprint density at radius 1 is 1.14 bits per heavy atom. The van der Waals surface area contributed by atoms with Gasteiger partial charge in [-0.05, 0) is 12.1 Å². The second-order valence-electron chi connectivity index (χ2n) is 4.51. The highest BCUT2D eigenvalue weighted by Crippen LogP contribution is 2.22. The van der Waals surface area contributed by atoms with Crippen molar-refractivity contribution in [3.63, 3.8) is 0 Å². The first kappa shape index (κ1) is 15.2. The molecule has 21 heavy (non-hydrogen) atoms. The molecule has 0 aliphatic carbocycles. The van der Waals surface area contributed by atoms with Gasteiger partial charge in [0.2, 0.25) is 0 Å². The number of nitrogens with one attached hydrogen (secondary N) is 1. The number of alkyl halides is 3. The first-order valence-electron chi connectivity index (χ1n) is 6.14. The molecule has 0 aliphatic rings. The van der Waals surface area contributed by atoms with Crippen molar-refractivity contribution in [2.24, 2.45) is 0 Å². The molecule has 0 atom stereocenters. The van der Waals surface area contributed by atoms with Gasteiger partial charge in [-0.1, -0.05) is 6.07 Å². The third-order valence-corrected chi connectivity index (χ3v) is 2.82. The van der Waals surface area contributed by atoms with Crippen molar-refractivity contribution >= 4 is 0 Å². The quantitative estimate of drug-likeness (QED) is 0.791. The maximum absolute atomic E-state index is 12.3. The van der Waals surface area contributed by atoms with Gasteiger partial charge in [-0.15, -0.1) is 0 Å². The average molecular weight is 301 g/mol. The molecule has 0 aliphatic heterocycles. The minimum Gasteiger partial charge on any atom is -0.508 e. The molecule has 5 nitrogen and oxygen atoms in total. The second-order valence-corrected chi connectivity index (χ2v) is 4.51. The first-order chi connectivity index (χ1) is 9.85. The zero-order chi connectivity index (χ0) is 15.5. The Morgan fingerprint density at radius 2 is 1.90 bits per heavy atom. The van der Waals surface area contributed by atoms with E-state index in [1.165, 1.54) is 30.5 Å². The van der Waals surface area contributed by atoms with E-state index in [1.54, 1.807) is 0 Å². The van der Waals surface area contributed by atoms with Gasteiger partial charge in [-0.25, -0.2) is 0 Å². The highest BCUT2D eigenvalue weighted by molar-refractivity contribution is 5.38. The van der Waals surface area contributed by atoms with Gasteiger partial charge < -0.3 is 15.5 Å². The van der Waals surface area contributed by atoms with Crippen molar-refractivity contribution in [3.05, 3.63) is 41.7 Å². The molecule has 2 rings (SSSR count). The fourth-order valence-electron chi connectivity index (χ4n) is 1.85. The lowest BCUT2D eigenvalue weighted by molar-refractivity contribution is -0.143. The van der Waals surface area contributed by atoms with E-state index in [1.807, 2.05) is 0 Å². The number of aromatic nitrogens is 2. The van der Waals surface area contributed by atoms with Crippen molar-refractivity contribution in [2.75, 3.05) is 0 Å². The largest absolute Gasteiger partial charge is 0.508 e. The monoisotopic (exact) mass is 301 g/mol. The third kappa shape index (κ3) is 4.38. The normalized spacial score (nSPS) is 11.8. The summed E-state index contributed by atoms with van der Waals surface area (Å²) in [4.78, 5) is 0. The van der Waals surface area contributed by atoms with E-state index in [9.17, 15) is 18.3 Å².